The molecule has 1 unspecified atom stereocenters. The smallest absolute Gasteiger partial charge is 0.325 e. The molecular weight excluding hydrogens is 374 g/mol. The van der Waals surface area contributed by atoms with Crippen LogP contribution in [0.3, 0.4) is 0 Å². The van der Waals surface area contributed by atoms with Crippen LogP contribution in [-0.2, 0) is 20.4 Å². The third-order valence-electron chi connectivity index (χ3n) is 4.73. The number of sulfonamides is 1. The number of amides is 4. The molecule has 9 nitrogen and oxygen atoms in total. The zero-order chi connectivity index (χ0) is 19.4. The van der Waals surface area contributed by atoms with Crippen molar-refractivity contribution in [2.24, 2.45) is 0 Å². The van der Waals surface area contributed by atoms with E-state index in [0.29, 0.717) is 4.31 Å². The summed E-state index contributed by atoms with van der Waals surface area (Å²) in [6.45, 7) is 0.906. The number of rotatable bonds is 4. The van der Waals surface area contributed by atoms with E-state index in [4.69, 9.17) is 4.42 Å². The number of hydrogen-bond acceptors (Lipinski definition) is 6. The summed E-state index contributed by atoms with van der Waals surface area (Å²) in [6, 6.07) is 8.35. The first-order valence-electron chi connectivity index (χ1n) is 8.11. The average molecular weight is 389 g/mol. The van der Waals surface area contributed by atoms with Gasteiger partial charge in [-0.2, -0.15) is 0 Å². The van der Waals surface area contributed by atoms with Crippen molar-refractivity contribution in [3.63, 3.8) is 0 Å². The fourth-order valence-electron chi connectivity index (χ4n) is 3.27. The molecule has 140 valence electrons. The van der Waals surface area contributed by atoms with E-state index in [1.807, 2.05) is 0 Å². The fourth-order valence-corrected chi connectivity index (χ4v) is 4.83. The summed E-state index contributed by atoms with van der Waals surface area (Å²) in [5, 5.41) is 2.55. The second-order valence-corrected chi connectivity index (χ2v) is 8.20. The summed E-state index contributed by atoms with van der Waals surface area (Å²) in [5.74, 6) is -0.990. The number of nitrogens with zero attached hydrogens (tertiary/aromatic N) is 2. The lowest BCUT2D eigenvalue weighted by Crippen LogP contribution is -2.43. The van der Waals surface area contributed by atoms with E-state index in [0.717, 1.165) is 4.90 Å². The molecule has 2 aromatic rings. The summed E-state index contributed by atoms with van der Waals surface area (Å²) in [6.07, 6.45) is 1.38. The van der Waals surface area contributed by atoms with Crippen LogP contribution in [0.25, 0.3) is 0 Å². The van der Waals surface area contributed by atoms with Gasteiger partial charge in [0.15, 0.2) is 5.54 Å². The van der Waals surface area contributed by atoms with Gasteiger partial charge in [0, 0.05) is 6.54 Å². The van der Waals surface area contributed by atoms with Gasteiger partial charge < -0.3 is 9.73 Å². The Kier molecular flexibility index (Phi) is 3.63. The molecule has 0 saturated carbocycles. The third-order valence-corrected chi connectivity index (χ3v) is 6.57. The second-order valence-electron chi connectivity index (χ2n) is 6.37. The van der Waals surface area contributed by atoms with Crippen LogP contribution in [0.1, 0.15) is 23.0 Å². The van der Waals surface area contributed by atoms with E-state index in [-0.39, 0.29) is 29.3 Å². The van der Waals surface area contributed by atoms with E-state index >= 15 is 0 Å². The molecule has 1 atom stereocenters. The van der Waals surface area contributed by atoms with E-state index in [1.165, 1.54) is 31.4 Å². The van der Waals surface area contributed by atoms with Gasteiger partial charge in [0.25, 0.3) is 21.8 Å². The van der Waals surface area contributed by atoms with Crippen molar-refractivity contribution in [3.05, 3.63) is 54.0 Å². The van der Waals surface area contributed by atoms with Gasteiger partial charge in [-0.25, -0.2) is 17.5 Å². The van der Waals surface area contributed by atoms with Crippen molar-refractivity contribution in [2.45, 2.75) is 17.4 Å². The van der Waals surface area contributed by atoms with E-state index in [1.54, 1.807) is 18.2 Å². The van der Waals surface area contributed by atoms with Crippen LogP contribution in [0.2, 0.25) is 0 Å². The molecule has 1 fully saturated rings. The standard InChI is InChI=1S/C17H15N3O6S/c1-17(13-7-4-10-26-13)15(22)19(16(23)18-17)8-9-20-14(21)11-5-2-3-6-12(11)27(20,24)25/h2-7,10H,8-9H2,1H3,(H,18,23). The molecule has 3 heterocycles. The van der Waals surface area contributed by atoms with Gasteiger partial charge in [-0.15, -0.1) is 0 Å². The molecule has 1 saturated heterocycles. The Morgan fingerprint density at radius 2 is 1.81 bits per heavy atom. The Balaban J connectivity index is 1.56. The van der Waals surface area contributed by atoms with Gasteiger partial charge in [0.1, 0.15) is 10.7 Å². The van der Waals surface area contributed by atoms with Crippen molar-refractivity contribution in [1.29, 1.82) is 0 Å². The van der Waals surface area contributed by atoms with Crippen LogP contribution in [-0.4, -0.2) is 48.6 Å². The number of urea groups is 1. The molecule has 1 aromatic heterocycles. The summed E-state index contributed by atoms with van der Waals surface area (Å²) in [7, 11) is -4.00. The quantitative estimate of drug-likeness (QED) is 0.776. The fraction of sp³-hybridized carbons (Fsp3) is 0.235. The largest absolute Gasteiger partial charge is 0.466 e. The van der Waals surface area contributed by atoms with Crippen LogP contribution in [0, 0.1) is 0 Å². The number of carbonyl (C=O) groups is 3. The molecule has 0 radical (unpaired) electrons. The van der Waals surface area contributed by atoms with E-state index < -0.39 is 33.4 Å². The molecule has 4 rings (SSSR count). The maximum atomic E-state index is 12.7. The lowest BCUT2D eigenvalue weighted by molar-refractivity contribution is -0.131. The molecule has 2 aliphatic rings. The number of hydrogen-bond donors (Lipinski definition) is 1. The second kappa shape index (κ2) is 5.68. The number of furan rings is 1. The Morgan fingerprint density at radius 1 is 1.07 bits per heavy atom. The third kappa shape index (κ3) is 2.36. The predicted molar refractivity (Wildman–Crippen MR) is 91.0 cm³/mol. The minimum absolute atomic E-state index is 0.0763. The van der Waals surface area contributed by atoms with Crippen molar-refractivity contribution in [3.8, 4) is 0 Å². The topological polar surface area (TPSA) is 117 Å². The van der Waals surface area contributed by atoms with Crippen LogP contribution in [0.15, 0.2) is 52.0 Å². The van der Waals surface area contributed by atoms with Crippen LogP contribution in [0.5, 0.6) is 0 Å². The number of nitrogens with one attached hydrogen (secondary N) is 1. The number of carbonyl (C=O) groups excluding carboxylic acids is 3. The minimum atomic E-state index is -4.00. The van der Waals surface area contributed by atoms with Crippen LogP contribution >= 0.6 is 0 Å². The lowest BCUT2D eigenvalue weighted by atomic mass is 9.99. The Bertz CT molecular complexity index is 1060. The first-order valence-corrected chi connectivity index (χ1v) is 9.55. The van der Waals surface area contributed by atoms with Crippen molar-refractivity contribution in [2.75, 3.05) is 13.1 Å². The highest BCUT2D eigenvalue weighted by Gasteiger charge is 2.51. The first-order chi connectivity index (χ1) is 12.8. The summed E-state index contributed by atoms with van der Waals surface area (Å²) >= 11 is 0. The zero-order valence-electron chi connectivity index (χ0n) is 14.2. The Morgan fingerprint density at radius 3 is 2.48 bits per heavy atom. The molecule has 0 aliphatic carbocycles. The van der Waals surface area contributed by atoms with Gasteiger partial charge >= 0.3 is 6.03 Å². The van der Waals surface area contributed by atoms with Crippen LogP contribution < -0.4 is 5.32 Å². The number of fused-ring (bicyclic) bond motifs is 1. The highest BCUT2D eigenvalue weighted by atomic mass is 32.2. The monoisotopic (exact) mass is 389 g/mol. The summed E-state index contributed by atoms with van der Waals surface area (Å²) in [5.41, 5.74) is -1.30. The van der Waals surface area contributed by atoms with Gasteiger partial charge in [0.05, 0.1) is 18.4 Å². The van der Waals surface area contributed by atoms with E-state index in [9.17, 15) is 22.8 Å². The highest BCUT2D eigenvalue weighted by molar-refractivity contribution is 7.90. The molecule has 10 heteroatoms. The maximum Gasteiger partial charge on any atom is 0.325 e. The molecule has 2 aliphatic heterocycles. The van der Waals surface area contributed by atoms with Crippen molar-refractivity contribution in [1.82, 2.24) is 14.5 Å². The highest BCUT2D eigenvalue weighted by Crippen LogP contribution is 2.31. The summed E-state index contributed by atoms with van der Waals surface area (Å²) < 4.78 is 31.0. The average Bonchev–Trinajstić information content (AvgIpc) is 3.29. The normalized spacial score (nSPS) is 23.7. The number of benzene rings is 1. The van der Waals surface area contributed by atoms with Gasteiger partial charge in [0.2, 0.25) is 0 Å². The summed E-state index contributed by atoms with van der Waals surface area (Å²) in [4.78, 5) is 38.2. The van der Waals surface area contributed by atoms with Crippen LogP contribution in [0.4, 0.5) is 4.79 Å². The van der Waals surface area contributed by atoms with Gasteiger partial charge in [-0.1, -0.05) is 12.1 Å². The Labute approximate surface area is 154 Å². The zero-order valence-corrected chi connectivity index (χ0v) is 15.0. The van der Waals surface area contributed by atoms with Gasteiger partial charge in [-0.3, -0.25) is 14.5 Å². The molecule has 4 amide bonds. The molecule has 1 aromatic carbocycles. The molecule has 1 N–H and O–H groups in total. The molecule has 0 spiro atoms. The van der Waals surface area contributed by atoms with Crippen molar-refractivity contribution < 1.29 is 27.2 Å². The lowest BCUT2D eigenvalue weighted by Gasteiger charge is -2.21. The number of imide groups is 1. The molecular formula is C17H15N3O6S. The van der Waals surface area contributed by atoms with E-state index in [2.05, 4.69) is 5.32 Å². The molecule has 0 bridgehead atoms. The van der Waals surface area contributed by atoms with Gasteiger partial charge in [-0.05, 0) is 31.2 Å². The maximum absolute atomic E-state index is 12.7. The van der Waals surface area contributed by atoms with Crippen molar-refractivity contribution >= 4 is 27.9 Å². The SMILES string of the molecule is CC1(c2ccco2)NC(=O)N(CCN2C(=O)c3ccccc3S2(=O)=O)C1=O. The Hall–Kier alpha value is -3.14. The molecule has 27 heavy (non-hydrogen) atoms. The first kappa shape index (κ1) is 17.3. The minimum Gasteiger partial charge on any atom is -0.466 e. The predicted octanol–water partition coefficient (Wildman–Crippen LogP) is 0.891.